The zero-order valence-electron chi connectivity index (χ0n) is 15.0. The van der Waals surface area contributed by atoms with Crippen molar-refractivity contribution in [3.8, 4) is 0 Å². The van der Waals surface area contributed by atoms with Crippen molar-refractivity contribution in [1.29, 1.82) is 0 Å². The van der Waals surface area contributed by atoms with Gasteiger partial charge in [-0.25, -0.2) is 4.98 Å². The molecule has 3 rings (SSSR count). The number of anilines is 1. The first-order chi connectivity index (χ1) is 11.3. The lowest BCUT2D eigenvalue weighted by Gasteiger charge is -2.38. The van der Waals surface area contributed by atoms with Crippen LogP contribution in [0.4, 0.5) is 5.82 Å². The molecule has 3 heterocycles. The van der Waals surface area contributed by atoms with Crippen LogP contribution in [0.15, 0.2) is 18.3 Å². The van der Waals surface area contributed by atoms with Gasteiger partial charge >= 0.3 is 0 Å². The third-order valence-corrected chi connectivity index (χ3v) is 5.29. The fourth-order valence-electron chi connectivity index (χ4n) is 4.25. The molecule has 1 aromatic heterocycles. The Labute approximate surface area is 142 Å². The Morgan fingerprint density at radius 2 is 1.78 bits per heavy atom. The van der Waals surface area contributed by atoms with E-state index in [2.05, 4.69) is 35.8 Å². The summed E-state index contributed by atoms with van der Waals surface area (Å²) in [6.45, 7) is 9.49. The van der Waals surface area contributed by atoms with Gasteiger partial charge in [-0.3, -0.25) is 4.90 Å². The van der Waals surface area contributed by atoms with E-state index in [0.29, 0.717) is 6.04 Å². The minimum atomic E-state index is 0.568. The van der Waals surface area contributed by atoms with Gasteiger partial charge in [0.2, 0.25) is 0 Å². The molecule has 2 saturated heterocycles. The maximum Gasteiger partial charge on any atom is 0.133 e. The van der Waals surface area contributed by atoms with E-state index in [4.69, 9.17) is 4.98 Å². The van der Waals surface area contributed by atoms with Crippen molar-refractivity contribution in [3.05, 3.63) is 23.9 Å². The molecule has 23 heavy (non-hydrogen) atoms. The molecule has 0 spiro atoms. The van der Waals surface area contributed by atoms with Crippen molar-refractivity contribution in [2.75, 3.05) is 31.1 Å². The smallest absolute Gasteiger partial charge is 0.133 e. The molecule has 0 saturated carbocycles. The van der Waals surface area contributed by atoms with Crippen LogP contribution in [0.3, 0.4) is 0 Å². The molecule has 0 radical (unpaired) electrons. The SMILES string of the molecule is CC(C)CN1CCCCC1c1cccnc1N1CCCCCC1. The first kappa shape index (κ1) is 16.8. The van der Waals surface area contributed by atoms with Gasteiger partial charge in [-0.05, 0) is 44.2 Å². The van der Waals surface area contributed by atoms with Crippen molar-refractivity contribution < 1.29 is 0 Å². The number of rotatable bonds is 4. The Morgan fingerprint density at radius 3 is 2.52 bits per heavy atom. The summed E-state index contributed by atoms with van der Waals surface area (Å²) < 4.78 is 0. The molecular weight excluding hydrogens is 282 g/mol. The highest BCUT2D eigenvalue weighted by atomic mass is 15.2. The number of piperidine rings is 1. The van der Waals surface area contributed by atoms with Crippen LogP contribution in [-0.4, -0.2) is 36.1 Å². The molecule has 0 aromatic carbocycles. The first-order valence-corrected chi connectivity index (χ1v) is 9.69. The highest BCUT2D eigenvalue weighted by Crippen LogP contribution is 2.36. The molecule has 1 atom stereocenters. The van der Waals surface area contributed by atoms with Gasteiger partial charge in [0.1, 0.15) is 5.82 Å². The van der Waals surface area contributed by atoms with E-state index in [0.717, 1.165) is 5.92 Å². The molecule has 3 nitrogen and oxygen atoms in total. The van der Waals surface area contributed by atoms with Crippen molar-refractivity contribution in [1.82, 2.24) is 9.88 Å². The van der Waals surface area contributed by atoms with Crippen LogP contribution in [0.5, 0.6) is 0 Å². The van der Waals surface area contributed by atoms with Gasteiger partial charge in [-0.2, -0.15) is 0 Å². The molecule has 1 unspecified atom stereocenters. The minimum absolute atomic E-state index is 0.568. The van der Waals surface area contributed by atoms with Gasteiger partial charge in [0.15, 0.2) is 0 Å². The Balaban J connectivity index is 1.85. The molecule has 2 fully saturated rings. The largest absolute Gasteiger partial charge is 0.356 e. The zero-order chi connectivity index (χ0) is 16.1. The highest BCUT2D eigenvalue weighted by molar-refractivity contribution is 5.48. The lowest BCUT2D eigenvalue weighted by atomic mass is 9.94. The van der Waals surface area contributed by atoms with Crippen molar-refractivity contribution in [2.24, 2.45) is 5.92 Å². The molecule has 0 aliphatic carbocycles. The zero-order valence-corrected chi connectivity index (χ0v) is 15.0. The third kappa shape index (κ3) is 4.26. The average Bonchev–Trinajstić information content (AvgIpc) is 2.84. The fraction of sp³-hybridized carbons (Fsp3) is 0.750. The van der Waals surface area contributed by atoms with Gasteiger partial charge in [-0.15, -0.1) is 0 Å². The van der Waals surface area contributed by atoms with E-state index < -0.39 is 0 Å². The van der Waals surface area contributed by atoms with Gasteiger partial charge in [0.25, 0.3) is 0 Å². The van der Waals surface area contributed by atoms with E-state index in [1.165, 1.54) is 82.5 Å². The number of likely N-dealkylation sites (tertiary alicyclic amines) is 1. The normalized spacial score (nSPS) is 24.0. The molecule has 0 amide bonds. The van der Waals surface area contributed by atoms with Gasteiger partial charge < -0.3 is 4.90 Å². The van der Waals surface area contributed by atoms with Crippen LogP contribution < -0.4 is 4.90 Å². The van der Waals surface area contributed by atoms with Crippen molar-refractivity contribution >= 4 is 5.82 Å². The van der Waals surface area contributed by atoms with Crippen LogP contribution in [0, 0.1) is 5.92 Å². The molecule has 2 aliphatic rings. The molecular formula is C20H33N3. The quantitative estimate of drug-likeness (QED) is 0.806. The Hall–Kier alpha value is -1.09. The first-order valence-electron chi connectivity index (χ1n) is 9.69. The second-order valence-electron chi connectivity index (χ2n) is 7.72. The highest BCUT2D eigenvalue weighted by Gasteiger charge is 2.28. The topological polar surface area (TPSA) is 19.4 Å². The standard InChI is InChI=1S/C20H33N3/c1-17(2)16-23-15-8-5-11-19(23)18-10-9-12-21-20(18)22-13-6-3-4-7-14-22/h9-10,12,17,19H,3-8,11,13-16H2,1-2H3. The van der Waals surface area contributed by atoms with E-state index in [-0.39, 0.29) is 0 Å². The predicted octanol–water partition coefficient (Wildman–Crippen LogP) is 4.65. The molecule has 0 N–H and O–H groups in total. The van der Waals surface area contributed by atoms with Crippen LogP contribution in [0.1, 0.15) is 70.4 Å². The molecule has 2 aliphatic heterocycles. The summed E-state index contributed by atoms with van der Waals surface area (Å²) in [5.74, 6) is 2.00. The van der Waals surface area contributed by atoms with Gasteiger partial charge in [0.05, 0.1) is 0 Å². The third-order valence-electron chi connectivity index (χ3n) is 5.29. The van der Waals surface area contributed by atoms with Gasteiger partial charge in [-0.1, -0.05) is 39.2 Å². The summed E-state index contributed by atoms with van der Waals surface area (Å²) in [6.07, 6.45) is 11.4. The fourth-order valence-corrected chi connectivity index (χ4v) is 4.25. The van der Waals surface area contributed by atoms with E-state index in [1.807, 2.05) is 6.20 Å². The summed E-state index contributed by atoms with van der Waals surface area (Å²) >= 11 is 0. The van der Waals surface area contributed by atoms with E-state index in [9.17, 15) is 0 Å². The second-order valence-corrected chi connectivity index (χ2v) is 7.72. The molecule has 0 bridgehead atoms. The Bertz CT molecular complexity index is 478. The maximum atomic E-state index is 4.83. The van der Waals surface area contributed by atoms with Crippen LogP contribution >= 0.6 is 0 Å². The number of hydrogen-bond donors (Lipinski definition) is 0. The lowest BCUT2D eigenvalue weighted by Crippen LogP contribution is -2.37. The number of hydrogen-bond acceptors (Lipinski definition) is 3. The number of aromatic nitrogens is 1. The Kier molecular flexibility index (Phi) is 5.93. The monoisotopic (exact) mass is 315 g/mol. The number of nitrogens with zero attached hydrogens (tertiary/aromatic N) is 3. The summed E-state index contributed by atoms with van der Waals surface area (Å²) in [5, 5.41) is 0. The average molecular weight is 316 g/mol. The van der Waals surface area contributed by atoms with E-state index >= 15 is 0 Å². The van der Waals surface area contributed by atoms with E-state index in [1.54, 1.807) is 0 Å². The summed E-state index contributed by atoms with van der Waals surface area (Å²) in [4.78, 5) is 10.1. The second kappa shape index (κ2) is 8.14. The molecule has 128 valence electrons. The summed E-state index contributed by atoms with van der Waals surface area (Å²) in [5.41, 5.74) is 1.48. The summed E-state index contributed by atoms with van der Waals surface area (Å²) in [7, 11) is 0. The van der Waals surface area contributed by atoms with Crippen molar-refractivity contribution in [3.63, 3.8) is 0 Å². The van der Waals surface area contributed by atoms with Crippen LogP contribution in [-0.2, 0) is 0 Å². The van der Waals surface area contributed by atoms with Crippen molar-refractivity contribution in [2.45, 2.75) is 64.8 Å². The molecule has 3 heteroatoms. The van der Waals surface area contributed by atoms with Crippen LogP contribution in [0.2, 0.25) is 0 Å². The summed E-state index contributed by atoms with van der Waals surface area (Å²) in [6, 6.07) is 5.05. The predicted molar refractivity (Wildman–Crippen MR) is 97.9 cm³/mol. The minimum Gasteiger partial charge on any atom is -0.356 e. The Morgan fingerprint density at radius 1 is 1.04 bits per heavy atom. The maximum absolute atomic E-state index is 4.83. The van der Waals surface area contributed by atoms with Gasteiger partial charge in [0, 0.05) is 37.4 Å². The number of pyridine rings is 1. The molecule has 1 aromatic rings. The lowest BCUT2D eigenvalue weighted by molar-refractivity contribution is 0.132. The van der Waals surface area contributed by atoms with Crippen LogP contribution in [0.25, 0.3) is 0 Å².